The Hall–Kier alpha value is -2.16. The average Bonchev–Trinajstić information content (AvgIpc) is 3.04. The fourth-order valence-electron chi connectivity index (χ4n) is 2.44. The number of thioether (sulfide) groups is 1. The van der Waals surface area contributed by atoms with E-state index in [1.54, 1.807) is 16.3 Å². The minimum absolute atomic E-state index is 0.160. The third kappa shape index (κ3) is 5.43. The highest BCUT2D eigenvalue weighted by molar-refractivity contribution is 8.00. The molecule has 0 saturated heterocycles. The van der Waals surface area contributed by atoms with Crippen molar-refractivity contribution in [3.05, 3.63) is 64.0 Å². The molecule has 2 aromatic carbocycles. The summed E-state index contributed by atoms with van der Waals surface area (Å²) in [5.74, 6) is 0.00109. The third-order valence-electron chi connectivity index (χ3n) is 3.71. The maximum absolute atomic E-state index is 12.4. The number of halogens is 1. The summed E-state index contributed by atoms with van der Waals surface area (Å²) in [7, 11) is 0. The maximum Gasteiger partial charge on any atom is 0.343 e. The molecular weight excluding hydrogens is 416 g/mol. The molecule has 146 valence electrons. The first-order valence-corrected chi connectivity index (χ1v) is 10.8. The molecule has 0 fully saturated rings. The number of nitrogens with zero attached hydrogens (tertiary/aromatic N) is 2. The zero-order valence-electron chi connectivity index (χ0n) is 15.1. The van der Waals surface area contributed by atoms with E-state index in [9.17, 15) is 9.59 Å². The van der Waals surface area contributed by atoms with Crippen molar-refractivity contribution in [1.82, 2.24) is 14.8 Å². The largest absolute Gasteiger partial charge is 0.343 e. The van der Waals surface area contributed by atoms with Crippen molar-refractivity contribution in [2.45, 2.75) is 34.8 Å². The van der Waals surface area contributed by atoms with E-state index in [0.29, 0.717) is 16.7 Å². The number of aromatic amines is 1. The lowest BCUT2D eigenvalue weighted by Crippen LogP contribution is -2.18. The number of carbonyl (C=O) groups is 1. The van der Waals surface area contributed by atoms with Crippen LogP contribution in [0.1, 0.15) is 13.3 Å². The molecule has 9 heteroatoms. The Labute approximate surface area is 176 Å². The third-order valence-corrected chi connectivity index (χ3v) is 6.02. The van der Waals surface area contributed by atoms with Crippen LogP contribution >= 0.6 is 35.1 Å². The highest BCUT2D eigenvalue weighted by Crippen LogP contribution is 2.34. The molecule has 0 saturated carbocycles. The van der Waals surface area contributed by atoms with Crippen LogP contribution in [0.5, 0.6) is 0 Å². The molecule has 1 heterocycles. The fraction of sp³-hybridized carbons (Fsp3) is 0.211. The van der Waals surface area contributed by atoms with Crippen LogP contribution < -0.4 is 11.0 Å². The number of hydrogen-bond donors (Lipinski definition) is 2. The van der Waals surface area contributed by atoms with Gasteiger partial charge in [0.25, 0.3) is 0 Å². The van der Waals surface area contributed by atoms with E-state index in [1.165, 1.54) is 11.8 Å². The fourth-order valence-corrected chi connectivity index (χ4v) is 4.24. The number of benzene rings is 2. The van der Waals surface area contributed by atoms with E-state index >= 15 is 0 Å². The molecule has 3 aromatic rings. The van der Waals surface area contributed by atoms with Crippen LogP contribution in [-0.4, -0.2) is 26.4 Å². The van der Waals surface area contributed by atoms with Gasteiger partial charge >= 0.3 is 5.69 Å². The van der Waals surface area contributed by atoms with Crippen LogP contribution in [0.4, 0.5) is 5.69 Å². The van der Waals surface area contributed by atoms with E-state index in [0.717, 1.165) is 21.9 Å². The SMILES string of the molecule is CCCn1c(SCC(=O)Nc2ccccc2Sc2ccc(Cl)cc2)n[nH]c1=O. The van der Waals surface area contributed by atoms with Crippen LogP contribution in [0, 0.1) is 0 Å². The zero-order valence-corrected chi connectivity index (χ0v) is 17.5. The summed E-state index contributed by atoms with van der Waals surface area (Å²) in [4.78, 5) is 26.1. The number of nitrogens with one attached hydrogen (secondary N) is 2. The van der Waals surface area contributed by atoms with Gasteiger partial charge in [0, 0.05) is 21.4 Å². The predicted molar refractivity (Wildman–Crippen MR) is 115 cm³/mol. The van der Waals surface area contributed by atoms with E-state index in [1.807, 2.05) is 55.5 Å². The van der Waals surface area contributed by atoms with Gasteiger partial charge in [0.1, 0.15) is 0 Å². The van der Waals surface area contributed by atoms with Crippen molar-refractivity contribution in [3.8, 4) is 0 Å². The van der Waals surface area contributed by atoms with E-state index < -0.39 is 0 Å². The second kappa shape index (κ2) is 9.86. The van der Waals surface area contributed by atoms with Gasteiger partial charge in [-0.05, 0) is 42.8 Å². The van der Waals surface area contributed by atoms with Gasteiger partial charge in [0.2, 0.25) is 5.91 Å². The van der Waals surface area contributed by atoms with Gasteiger partial charge in [-0.3, -0.25) is 9.36 Å². The number of amides is 1. The molecule has 0 spiro atoms. The van der Waals surface area contributed by atoms with Crippen LogP contribution in [0.15, 0.2) is 68.3 Å². The van der Waals surface area contributed by atoms with Gasteiger partial charge in [0.15, 0.2) is 5.16 Å². The molecule has 1 aromatic heterocycles. The lowest BCUT2D eigenvalue weighted by molar-refractivity contribution is -0.113. The van der Waals surface area contributed by atoms with Gasteiger partial charge in [-0.25, -0.2) is 9.89 Å². The molecule has 0 radical (unpaired) electrons. The van der Waals surface area contributed by atoms with Crippen molar-refractivity contribution in [1.29, 1.82) is 0 Å². The summed E-state index contributed by atoms with van der Waals surface area (Å²) in [6.07, 6.45) is 0.814. The molecule has 0 atom stereocenters. The van der Waals surface area contributed by atoms with Gasteiger partial charge in [-0.2, -0.15) is 0 Å². The Bertz CT molecular complexity index is 1000. The number of para-hydroxylation sites is 1. The summed E-state index contributed by atoms with van der Waals surface area (Å²) in [5, 5.41) is 10.6. The Morgan fingerprint density at radius 3 is 2.71 bits per heavy atom. The molecule has 0 unspecified atom stereocenters. The number of H-pyrrole nitrogens is 1. The van der Waals surface area contributed by atoms with E-state index in [4.69, 9.17) is 11.6 Å². The zero-order chi connectivity index (χ0) is 19.9. The Kier molecular flexibility index (Phi) is 7.24. The second-order valence-electron chi connectivity index (χ2n) is 5.85. The maximum atomic E-state index is 12.4. The lowest BCUT2D eigenvalue weighted by Gasteiger charge is -2.11. The molecule has 0 aliphatic heterocycles. The monoisotopic (exact) mass is 434 g/mol. The summed E-state index contributed by atoms with van der Waals surface area (Å²) >= 11 is 8.72. The first-order chi connectivity index (χ1) is 13.6. The lowest BCUT2D eigenvalue weighted by atomic mass is 10.3. The Morgan fingerprint density at radius 2 is 1.96 bits per heavy atom. The Morgan fingerprint density at radius 1 is 1.21 bits per heavy atom. The van der Waals surface area contributed by atoms with Crippen molar-refractivity contribution in [3.63, 3.8) is 0 Å². The summed E-state index contributed by atoms with van der Waals surface area (Å²) < 4.78 is 1.54. The van der Waals surface area contributed by atoms with E-state index in [2.05, 4.69) is 15.5 Å². The summed E-state index contributed by atoms with van der Waals surface area (Å²) in [6, 6.07) is 15.2. The number of aromatic nitrogens is 3. The highest BCUT2D eigenvalue weighted by atomic mass is 35.5. The molecule has 0 bridgehead atoms. The normalized spacial score (nSPS) is 10.8. The first kappa shape index (κ1) is 20.6. The molecule has 28 heavy (non-hydrogen) atoms. The number of hydrogen-bond acceptors (Lipinski definition) is 5. The van der Waals surface area contributed by atoms with Crippen molar-refractivity contribution >= 4 is 46.7 Å². The van der Waals surface area contributed by atoms with Gasteiger partial charge in [-0.15, -0.1) is 5.10 Å². The van der Waals surface area contributed by atoms with Crippen LogP contribution in [0.2, 0.25) is 5.02 Å². The molecular formula is C19H19ClN4O2S2. The van der Waals surface area contributed by atoms with Crippen molar-refractivity contribution in [2.24, 2.45) is 0 Å². The van der Waals surface area contributed by atoms with Gasteiger partial charge in [0.05, 0.1) is 11.4 Å². The minimum atomic E-state index is -0.255. The molecule has 1 amide bonds. The number of anilines is 1. The minimum Gasteiger partial charge on any atom is -0.324 e. The molecule has 0 aliphatic carbocycles. The van der Waals surface area contributed by atoms with Crippen LogP contribution in [0.25, 0.3) is 0 Å². The molecule has 3 rings (SSSR count). The molecule has 6 nitrogen and oxygen atoms in total. The predicted octanol–water partition coefficient (Wildman–Crippen LogP) is 4.52. The summed E-state index contributed by atoms with van der Waals surface area (Å²) in [6.45, 7) is 2.55. The quantitative estimate of drug-likeness (QED) is 0.509. The molecule has 2 N–H and O–H groups in total. The second-order valence-corrected chi connectivity index (χ2v) is 8.35. The van der Waals surface area contributed by atoms with Gasteiger partial charge < -0.3 is 5.32 Å². The topological polar surface area (TPSA) is 79.8 Å². The van der Waals surface area contributed by atoms with E-state index in [-0.39, 0.29) is 17.3 Å². The van der Waals surface area contributed by atoms with Crippen molar-refractivity contribution in [2.75, 3.05) is 11.1 Å². The van der Waals surface area contributed by atoms with Crippen LogP contribution in [-0.2, 0) is 11.3 Å². The standard InChI is InChI=1S/C19H19ClN4O2S2/c1-2-11-24-18(26)22-23-19(24)27-12-17(25)21-15-5-3-4-6-16(15)28-14-9-7-13(20)8-10-14/h3-10H,2,11-12H2,1H3,(H,21,25)(H,22,26). The first-order valence-electron chi connectivity index (χ1n) is 8.67. The smallest absolute Gasteiger partial charge is 0.324 e. The van der Waals surface area contributed by atoms with Crippen molar-refractivity contribution < 1.29 is 4.79 Å². The molecule has 0 aliphatic rings. The number of rotatable bonds is 8. The van der Waals surface area contributed by atoms with Gasteiger partial charge in [-0.1, -0.05) is 54.2 Å². The highest BCUT2D eigenvalue weighted by Gasteiger charge is 2.12. The van der Waals surface area contributed by atoms with Crippen LogP contribution in [0.3, 0.4) is 0 Å². The Balaban J connectivity index is 1.64. The number of carbonyl (C=O) groups excluding carboxylic acids is 1. The average molecular weight is 435 g/mol. The summed E-state index contributed by atoms with van der Waals surface area (Å²) in [5.41, 5.74) is 0.482.